The molecule has 0 aliphatic heterocycles. The molecule has 0 saturated carbocycles. The first-order valence-corrected chi connectivity index (χ1v) is 11.5. The zero-order valence-corrected chi connectivity index (χ0v) is 16.4. The third-order valence-electron chi connectivity index (χ3n) is 2.97. The molecule has 1 aromatic carbocycles. The SMILES string of the molecule is CC(C)(C)OC(=O)N[C@H](Cc1ccccc1)[C@@H](C#N)O[Si](C)(C)C. The Morgan fingerprint density at radius 1 is 1.25 bits per heavy atom. The number of nitrogens with zero attached hydrogens (tertiary/aromatic N) is 1. The predicted molar refractivity (Wildman–Crippen MR) is 97.1 cm³/mol. The van der Waals surface area contributed by atoms with Gasteiger partial charge < -0.3 is 14.5 Å². The van der Waals surface area contributed by atoms with Crippen LogP contribution in [0.5, 0.6) is 0 Å². The highest BCUT2D eigenvalue weighted by Crippen LogP contribution is 2.15. The van der Waals surface area contributed by atoms with E-state index in [-0.39, 0.29) is 0 Å². The predicted octanol–water partition coefficient (Wildman–Crippen LogP) is 3.87. The zero-order chi connectivity index (χ0) is 18.4. The monoisotopic (exact) mass is 348 g/mol. The van der Waals surface area contributed by atoms with E-state index in [1.807, 2.05) is 50.0 Å². The van der Waals surface area contributed by atoms with Gasteiger partial charge in [0.05, 0.1) is 12.1 Å². The average molecular weight is 349 g/mol. The quantitative estimate of drug-likeness (QED) is 0.792. The van der Waals surface area contributed by atoms with Crippen LogP contribution in [-0.4, -0.2) is 32.2 Å². The van der Waals surface area contributed by atoms with Crippen molar-refractivity contribution >= 4 is 14.4 Å². The Labute approximate surface area is 146 Å². The number of ether oxygens (including phenoxy) is 1. The Morgan fingerprint density at radius 3 is 2.29 bits per heavy atom. The lowest BCUT2D eigenvalue weighted by Crippen LogP contribution is -2.50. The van der Waals surface area contributed by atoms with Crippen molar-refractivity contribution in [2.75, 3.05) is 0 Å². The minimum absolute atomic E-state index is 0.473. The van der Waals surface area contributed by atoms with Crippen LogP contribution in [-0.2, 0) is 15.6 Å². The van der Waals surface area contributed by atoms with Crippen molar-refractivity contribution in [3.63, 3.8) is 0 Å². The maximum absolute atomic E-state index is 12.2. The average Bonchev–Trinajstić information content (AvgIpc) is 2.42. The summed E-state index contributed by atoms with van der Waals surface area (Å²) in [7, 11) is -1.93. The van der Waals surface area contributed by atoms with Gasteiger partial charge in [-0.15, -0.1) is 0 Å². The molecule has 1 N–H and O–H groups in total. The Balaban J connectivity index is 2.93. The molecule has 0 fully saturated rings. The maximum Gasteiger partial charge on any atom is 0.408 e. The highest BCUT2D eigenvalue weighted by atomic mass is 28.4. The molecule has 0 unspecified atom stereocenters. The number of carbonyl (C=O) groups excluding carboxylic acids is 1. The van der Waals surface area contributed by atoms with Crippen molar-refractivity contribution in [3.8, 4) is 6.07 Å². The summed E-state index contributed by atoms with van der Waals surface area (Å²) in [5, 5.41) is 12.3. The number of carbonyl (C=O) groups is 1. The van der Waals surface area contributed by atoms with E-state index in [1.54, 1.807) is 20.8 Å². The molecule has 5 nitrogen and oxygen atoms in total. The second kappa shape index (κ2) is 8.31. The van der Waals surface area contributed by atoms with Crippen molar-refractivity contribution in [3.05, 3.63) is 35.9 Å². The van der Waals surface area contributed by atoms with Gasteiger partial charge in [0.15, 0.2) is 14.4 Å². The topological polar surface area (TPSA) is 71.3 Å². The van der Waals surface area contributed by atoms with Crippen LogP contribution in [0.2, 0.25) is 19.6 Å². The molecule has 1 rings (SSSR count). The molecule has 0 aromatic heterocycles. The molecule has 1 amide bonds. The molecule has 132 valence electrons. The fourth-order valence-electron chi connectivity index (χ4n) is 2.14. The molecule has 0 heterocycles. The van der Waals surface area contributed by atoms with Crippen LogP contribution >= 0.6 is 0 Å². The smallest absolute Gasteiger partial charge is 0.408 e. The van der Waals surface area contributed by atoms with Gasteiger partial charge in [-0.25, -0.2) is 4.79 Å². The van der Waals surface area contributed by atoms with Gasteiger partial charge >= 0.3 is 6.09 Å². The normalized spacial score (nSPS) is 14.4. The van der Waals surface area contributed by atoms with E-state index >= 15 is 0 Å². The first-order valence-electron chi connectivity index (χ1n) is 8.11. The first-order chi connectivity index (χ1) is 11.0. The Hall–Kier alpha value is -1.84. The van der Waals surface area contributed by atoms with Crippen LogP contribution in [0.3, 0.4) is 0 Å². The summed E-state index contributed by atoms with van der Waals surface area (Å²) in [4.78, 5) is 12.2. The minimum atomic E-state index is -1.93. The van der Waals surface area contributed by atoms with Crippen LogP contribution in [0.4, 0.5) is 4.79 Å². The number of rotatable bonds is 6. The van der Waals surface area contributed by atoms with Crippen molar-refractivity contribution in [2.45, 2.75) is 64.6 Å². The van der Waals surface area contributed by atoms with Crippen LogP contribution in [0.25, 0.3) is 0 Å². The summed E-state index contributed by atoms with van der Waals surface area (Å²) in [6, 6.07) is 11.4. The van der Waals surface area contributed by atoms with Crippen molar-refractivity contribution in [2.24, 2.45) is 0 Å². The van der Waals surface area contributed by atoms with E-state index in [2.05, 4.69) is 11.4 Å². The molecule has 2 atom stereocenters. The molecular weight excluding hydrogens is 320 g/mol. The highest BCUT2D eigenvalue weighted by molar-refractivity contribution is 6.69. The lowest BCUT2D eigenvalue weighted by atomic mass is 10.0. The van der Waals surface area contributed by atoms with Crippen molar-refractivity contribution in [1.29, 1.82) is 5.26 Å². The summed E-state index contributed by atoms with van der Waals surface area (Å²) < 4.78 is 11.3. The number of benzene rings is 1. The second-order valence-electron chi connectivity index (χ2n) is 7.72. The number of hydrogen-bond acceptors (Lipinski definition) is 4. The third-order valence-corrected chi connectivity index (χ3v) is 3.93. The summed E-state index contributed by atoms with van der Waals surface area (Å²) in [5.41, 5.74) is 0.432. The number of nitriles is 1. The fourth-order valence-corrected chi connectivity index (χ4v) is 3.12. The van der Waals surface area contributed by atoms with Gasteiger partial charge in [-0.05, 0) is 52.4 Å². The molecular formula is C18H28N2O3Si. The van der Waals surface area contributed by atoms with E-state index in [9.17, 15) is 10.1 Å². The fraction of sp³-hybridized carbons (Fsp3) is 0.556. The van der Waals surface area contributed by atoms with Crippen LogP contribution in [0.15, 0.2) is 30.3 Å². The standard InChI is InChI=1S/C18H28N2O3Si/c1-18(2,3)22-17(21)20-15(12-14-10-8-7-9-11-14)16(13-19)23-24(4,5)6/h7-11,15-16H,12H2,1-6H3,(H,20,21)/t15-,16-/m1/s1. The molecule has 1 aromatic rings. The van der Waals surface area contributed by atoms with Gasteiger partial charge in [0, 0.05) is 0 Å². The van der Waals surface area contributed by atoms with Gasteiger partial charge in [-0.1, -0.05) is 30.3 Å². The van der Waals surface area contributed by atoms with Crippen LogP contribution in [0, 0.1) is 11.3 Å². The molecule has 24 heavy (non-hydrogen) atoms. The van der Waals surface area contributed by atoms with Gasteiger partial charge in [-0.2, -0.15) is 5.26 Å². The van der Waals surface area contributed by atoms with Gasteiger partial charge in [0.1, 0.15) is 5.60 Å². The third kappa shape index (κ3) is 8.13. The van der Waals surface area contributed by atoms with E-state index < -0.39 is 32.2 Å². The molecule has 0 saturated heterocycles. The summed E-state index contributed by atoms with van der Waals surface area (Å²) in [6.07, 6.45) is -0.754. The lowest BCUT2D eigenvalue weighted by Gasteiger charge is -2.30. The minimum Gasteiger partial charge on any atom is -0.444 e. The Morgan fingerprint density at radius 2 is 1.83 bits per heavy atom. The Kier molecular flexibility index (Phi) is 7.00. The lowest BCUT2D eigenvalue weighted by molar-refractivity contribution is 0.0466. The first kappa shape index (κ1) is 20.2. The van der Waals surface area contributed by atoms with Crippen LogP contribution in [0.1, 0.15) is 26.3 Å². The number of nitrogens with one attached hydrogen (secondary N) is 1. The number of alkyl carbamates (subject to hydrolysis) is 1. The number of amides is 1. The van der Waals surface area contributed by atoms with Crippen LogP contribution < -0.4 is 5.32 Å². The number of hydrogen-bond donors (Lipinski definition) is 1. The highest BCUT2D eigenvalue weighted by Gasteiger charge is 2.30. The van der Waals surface area contributed by atoms with Gasteiger partial charge in [0.25, 0.3) is 0 Å². The molecule has 0 bridgehead atoms. The largest absolute Gasteiger partial charge is 0.444 e. The molecule has 0 spiro atoms. The van der Waals surface area contributed by atoms with E-state index in [1.165, 1.54) is 0 Å². The van der Waals surface area contributed by atoms with E-state index in [0.29, 0.717) is 6.42 Å². The maximum atomic E-state index is 12.2. The van der Waals surface area contributed by atoms with E-state index in [0.717, 1.165) is 5.56 Å². The zero-order valence-electron chi connectivity index (χ0n) is 15.4. The summed E-state index contributed by atoms with van der Waals surface area (Å²) >= 11 is 0. The van der Waals surface area contributed by atoms with Crippen molar-refractivity contribution in [1.82, 2.24) is 5.32 Å². The molecule has 0 aliphatic rings. The Bertz CT molecular complexity index is 571. The molecule has 0 radical (unpaired) electrons. The molecule has 6 heteroatoms. The summed E-state index contributed by atoms with van der Waals surface area (Å²) in [6.45, 7) is 11.5. The summed E-state index contributed by atoms with van der Waals surface area (Å²) in [5.74, 6) is 0. The second-order valence-corrected chi connectivity index (χ2v) is 12.2. The van der Waals surface area contributed by atoms with E-state index in [4.69, 9.17) is 9.16 Å². The van der Waals surface area contributed by atoms with Crippen molar-refractivity contribution < 1.29 is 14.0 Å². The molecule has 0 aliphatic carbocycles. The van der Waals surface area contributed by atoms with Gasteiger partial charge in [0.2, 0.25) is 0 Å². The van der Waals surface area contributed by atoms with Gasteiger partial charge in [-0.3, -0.25) is 0 Å².